The quantitative estimate of drug-likeness (QED) is 0.720. The van der Waals surface area contributed by atoms with Crippen molar-refractivity contribution in [3.8, 4) is 5.75 Å². The van der Waals surface area contributed by atoms with Crippen molar-refractivity contribution in [2.45, 2.75) is 6.61 Å². The molecule has 5 heteroatoms. The molecule has 0 saturated heterocycles. The number of imidazole rings is 1. The van der Waals surface area contributed by atoms with Gasteiger partial charge in [0, 0.05) is 14.1 Å². The molecule has 74 valence electrons. The van der Waals surface area contributed by atoms with Crippen LogP contribution in [0.15, 0.2) is 24.9 Å². The third-order valence-corrected chi connectivity index (χ3v) is 1.98. The molecule has 0 bridgehead atoms. The maximum atomic E-state index is 5.51. The third kappa shape index (κ3) is 1.76. The minimum absolute atomic E-state index is 0.516. The Labute approximate surface area is 81.9 Å². The molecule has 0 spiro atoms. The normalized spacial score (nSPS) is 10.4. The summed E-state index contributed by atoms with van der Waals surface area (Å²) >= 11 is 0. The second-order valence-electron chi connectivity index (χ2n) is 3.13. The Bertz CT molecular complexity index is 418. The van der Waals surface area contributed by atoms with Crippen LogP contribution in [-0.4, -0.2) is 19.3 Å². The van der Waals surface area contributed by atoms with Crippen LogP contribution in [0.25, 0.3) is 0 Å². The zero-order valence-corrected chi connectivity index (χ0v) is 8.21. The number of hydrogen-bond acceptors (Lipinski definition) is 3. The van der Waals surface area contributed by atoms with E-state index in [1.807, 2.05) is 24.9 Å². The predicted octanol–water partition coefficient (Wildman–Crippen LogP) is 0.733. The van der Waals surface area contributed by atoms with Crippen LogP contribution in [0.2, 0.25) is 0 Å². The van der Waals surface area contributed by atoms with Crippen molar-refractivity contribution in [1.29, 1.82) is 0 Å². The summed E-state index contributed by atoms with van der Waals surface area (Å²) in [6.07, 6.45) is 7.06. The number of aromatic nitrogens is 4. The lowest BCUT2D eigenvalue weighted by molar-refractivity contribution is 0.297. The molecule has 0 amide bonds. The first-order chi connectivity index (χ1) is 6.75. The molecule has 0 N–H and O–H groups in total. The molecule has 0 aliphatic rings. The fraction of sp³-hybridized carbons (Fsp3) is 0.333. The van der Waals surface area contributed by atoms with Gasteiger partial charge in [0.1, 0.15) is 6.61 Å². The van der Waals surface area contributed by atoms with Gasteiger partial charge < -0.3 is 9.30 Å². The van der Waals surface area contributed by atoms with Crippen LogP contribution in [-0.2, 0) is 20.7 Å². The first-order valence-electron chi connectivity index (χ1n) is 4.32. The average molecular weight is 192 g/mol. The maximum absolute atomic E-state index is 5.51. The smallest absolute Gasteiger partial charge is 0.157 e. The van der Waals surface area contributed by atoms with E-state index < -0.39 is 0 Å². The van der Waals surface area contributed by atoms with E-state index in [-0.39, 0.29) is 0 Å². The van der Waals surface area contributed by atoms with Crippen LogP contribution in [0.5, 0.6) is 5.75 Å². The van der Waals surface area contributed by atoms with Crippen LogP contribution in [0.4, 0.5) is 0 Å². The molecule has 0 aliphatic heterocycles. The molecular formula is C9H12N4O. The van der Waals surface area contributed by atoms with Crippen LogP contribution >= 0.6 is 0 Å². The Hall–Kier alpha value is -1.78. The number of hydrogen-bond donors (Lipinski definition) is 0. The van der Waals surface area contributed by atoms with Crippen LogP contribution < -0.4 is 4.74 Å². The molecule has 2 rings (SSSR count). The minimum atomic E-state index is 0.516. The standard InChI is InChI=1S/C9H12N4O/c1-12-7-10-3-8(12)6-14-9-4-11-13(2)5-9/h3-5,7H,6H2,1-2H3. The number of rotatable bonds is 3. The van der Waals surface area contributed by atoms with Gasteiger partial charge in [-0.3, -0.25) is 4.68 Å². The van der Waals surface area contributed by atoms with E-state index in [0.29, 0.717) is 6.61 Å². The largest absolute Gasteiger partial charge is 0.484 e. The summed E-state index contributed by atoms with van der Waals surface area (Å²) in [5, 5.41) is 4.01. The SMILES string of the molecule is Cn1cc(OCc2cncn2C)cn1. The minimum Gasteiger partial charge on any atom is -0.484 e. The molecule has 0 aliphatic carbocycles. The van der Waals surface area contributed by atoms with Crippen LogP contribution in [0.3, 0.4) is 0 Å². The highest BCUT2D eigenvalue weighted by Crippen LogP contribution is 2.09. The maximum Gasteiger partial charge on any atom is 0.157 e. The van der Waals surface area contributed by atoms with E-state index in [9.17, 15) is 0 Å². The first kappa shape index (κ1) is 8.80. The Morgan fingerprint density at radius 2 is 2.21 bits per heavy atom. The highest BCUT2D eigenvalue weighted by molar-refractivity contribution is 5.12. The monoisotopic (exact) mass is 192 g/mol. The molecule has 14 heavy (non-hydrogen) atoms. The summed E-state index contributed by atoms with van der Waals surface area (Å²) in [6.45, 7) is 0.516. The van der Waals surface area contributed by atoms with Crippen molar-refractivity contribution in [3.05, 3.63) is 30.6 Å². The molecule has 0 saturated carbocycles. The summed E-state index contributed by atoms with van der Waals surface area (Å²) in [7, 11) is 3.80. The van der Waals surface area contributed by atoms with Gasteiger partial charge >= 0.3 is 0 Å². The lowest BCUT2D eigenvalue weighted by atomic mass is 10.5. The second-order valence-corrected chi connectivity index (χ2v) is 3.13. The molecule has 2 aromatic heterocycles. The second kappa shape index (κ2) is 3.53. The van der Waals surface area contributed by atoms with Crippen molar-refractivity contribution < 1.29 is 4.74 Å². The van der Waals surface area contributed by atoms with E-state index in [0.717, 1.165) is 11.4 Å². The zero-order chi connectivity index (χ0) is 9.97. The predicted molar refractivity (Wildman–Crippen MR) is 50.7 cm³/mol. The van der Waals surface area contributed by atoms with E-state index in [4.69, 9.17) is 4.74 Å². The molecule has 5 nitrogen and oxygen atoms in total. The summed E-state index contributed by atoms with van der Waals surface area (Å²) in [5.41, 5.74) is 1.04. The van der Waals surface area contributed by atoms with E-state index in [1.165, 1.54) is 0 Å². The Balaban J connectivity index is 1.98. The van der Waals surface area contributed by atoms with E-state index in [2.05, 4.69) is 10.1 Å². The van der Waals surface area contributed by atoms with Gasteiger partial charge in [0.2, 0.25) is 0 Å². The van der Waals surface area contributed by atoms with Crippen molar-refractivity contribution in [3.63, 3.8) is 0 Å². The van der Waals surface area contributed by atoms with Crippen LogP contribution in [0.1, 0.15) is 5.69 Å². The number of ether oxygens (including phenoxy) is 1. The molecule has 0 radical (unpaired) electrons. The van der Waals surface area contributed by atoms with E-state index in [1.54, 1.807) is 23.4 Å². The van der Waals surface area contributed by atoms with Crippen molar-refractivity contribution in [2.75, 3.05) is 0 Å². The van der Waals surface area contributed by atoms with Gasteiger partial charge in [-0.05, 0) is 0 Å². The van der Waals surface area contributed by atoms with Gasteiger partial charge in [-0.25, -0.2) is 4.98 Å². The molecule has 2 aromatic rings. The summed E-state index contributed by atoms with van der Waals surface area (Å²) in [5.74, 6) is 0.772. The molecule has 0 unspecified atom stereocenters. The molecule has 0 aromatic carbocycles. The summed E-state index contributed by atoms with van der Waals surface area (Å²) < 4.78 is 9.14. The fourth-order valence-corrected chi connectivity index (χ4v) is 1.15. The Morgan fingerprint density at radius 1 is 1.36 bits per heavy atom. The lowest BCUT2D eigenvalue weighted by Gasteiger charge is -2.02. The van der Waals surface area contributed by atoms with E-state index >= 15 is 0 Å². The third-order valence-electron chi connectivity index (χ3n) is 1.98. The Kier molecular flexibility index (Phi) is 2.22. The molecule has 2 heterocycles. The van der Waals surface area contributed by atoms with Gasteiger partial charge in [-0.15, -0.1) is 0 Å². The Morgan fingerprint density at radius 3 is 2.79 bits per heavy atom. The van der Waals surface area contributed by atoms with Gasteiger partial charge in [-0.2, -0.15) is 5.10 Å². The van der Waals surface area contributed by atoms with Gasteiger partial charge in [0.05, 0.1) is 30.6 Å². The van der Waals surface area contributed by atoms with Crippen molar-refractivity contribution in [1.82, 2.24) is 19.3 Å². The summed E-state index contributed by atoms with van der Waals surface area (Å²) in [4.78, 5) is 4.00. The fourth-order valence-electron chi connectivity index (χ4n) is 1.15. The van der Waals surface area contributed by atoms with Crippen molar-refractivity contribution >= 4 is 0 Å². The topological polar surface area (TPSA) is 44.9 Å². The molecule has 0 atom stereocenters. The number of nitrogens with zero attached hydrogens (tertiary/aromatic N) is 4. The average Bonchev–Trinajstić information content (AvgIpc) is 2.72. The highest BCUT2D eigenvalue weighted by Gasteiger charge is 2.00. The van der Waals surface area contributed by atoms with Gasteiger partial charge in [0.25, 0.3) is 0 Å². The van der Waals surface area contributed by atoms with Crippen LogP contribution in [0, 0.1) is 0 Å². The highest BCUT2D eigenvalue weighted by atomic mass is 16.5. The summed E-state index contributed by atoms with van der Waals surface area (Å²) in [6, 6.07) is 0. The van der Waals surface area contributed by atoms with Gasteiger partial charge in [-0.1, -0.05) is 0 Å². The lowest BCUT2D eigenvalue weighted by Crippen LogP contribution is -2.00. The van der Waals surface area contributed by atoms with Crippen molar-refractivity contribution in [2.24, 2.45) is 14.1 Å². The molecular weight excluding hydrogens is 180 g/mol. The number of aryl methyl sites for hydroxylation is 2. The first-order valence-corrected chi connectivity index (χ1v) is 4.32. The van der Waals surface area contributed by atoms with Gasteiger partial charge in [0.15, 0.2) is 5.75 Å². The molecule has 0 fully saturated rings. The zero-order valence-electron chi connectivity index (χ0n) is 8.21.